The third-order valence-corrected chi connectivity index (χ3v) is 3.86. The van der Waals surface area contributed by atoms with Crippen LogP contribution in [-0.4, -0.2) is 21.0 Å². The van der Waals surface area contributed by atoms with Crippen LogP contribution in [0.3, 0.4) is 0 Å². The Kier molecular flexibility index (Phi) is 4.61. The van der Waals surface area contributed by atoms with Crippen molar-refractivity contribution in [1.82, 2.24) is 9.97 Å². The second-order valence-corrected chi connectivity index (χ2v) is 5.77. The van der Waals surface area contributed by atoms with Gasteiger partial charge < -0.3 is 15.1 Å². The van der Waals surface area contributed by atoms with Crippen LogP contribution in [0.2, 0.25) is 0 Å². The van der Waals surface area contributed by atoms with Gasteiger partial charge in [-0.3, -0.25) is 9.59 Å². The summed E-state index contributed by atoms with van der Waals surface area (Å²) in [6.07, 6.45) is 2.59. The third-order valence-electron chi connectivity index (χ3n) is 3.86. The molecular weight excluding hydrogens is 320 g/mol. The smallest absolute Gasteiger partial charge is 0.352 e. The number of H-pyrrole nitrogens is 2. The highest BCUT2D eigenvalue weighted by Crippen LogP contribution is 2.12. The number of carbonyl (C=O) groups is 1. The van der Waals surface area contributed by atoms with Crippen LogP contribution in [0.15, 0.2) is 64.3 Å². The van der Waals surface area contributed by atoms with Crippen molar-refractivity contribution >= 4 is 5.97 Å². The molecule has 0 amide bonds. The van der Waals surface area contributed by atoms with Crippen LogP contribution in [0.4, 0.5) is 0 Å². The molecule has 0 radical (unpaired) electrons. The van der Waals surface area contributed by atoms with E-state index < -0.39 is 11.5 Å². The second-order valence-electron chi connectivity index (χ2n) is 5.77. The zero-order valence-corrected chi connectivity index (χ0v) is 13.3. The molecule has 0 aliphatic heterocycles. The van der Waals surface area contributed by atoms with Crippen LogP contribution in [0.5, 0.6) is 0 Å². The maximum absolute atomic E-state index is 11.7. The fourth-order valence-corrected chi connectivity index (χ4v) is 2.64. The van der Waals surface area contributed by atoms with Crippen molar-refractivity contribution in [3.05, 3.63) is 103 Å². The van der Waals surface area contributed by atoms with Gasteiger partial charge in [0.2, 0.25) is 5.56 Å². The standard InChI is InChI=1S/C19H16N2O4/c22-17-11-14(10-16(21-17)19(24)25)8-12-3-5-13(6-4-12)9-15-2-1-7-20-18(15)23/h1-7,10-11H,8-9H2,(H,20,23)(H,21,22)(H,24,25). The summed E-state index contributed by atoms with van der Waals surface area (Å²) >= 11 is 0. The summed E-state index contributed by atoms with van der Waals surface area (Å²) < 4.78 is 0. The molecule has 0 spiro atoms. The lowest BCUT2D eigenvalue weighted by Crippen LogP contribution is -2.13. The Bertz CT molecular complexity index is 1020. The van der Waals surface area contributed by atoms with Crippen LogP contribution < -0.4 is 11.1 Å². The summed E-state index contributed by atoms with van der Waals surface area (Å²) in [5.74, 6) is -1.16. The number of pyridine rings is 2. The van der Waals surface area contributed by atoms with E-state index in [2.05, 4.69) is 9.97 Å². The number of aromatic amines is 2. The Morgan fingerprint density at radius 1 is 0.920 bits per heavy atom. The summed E-state index contributed by atoms with van der Waals surface area (Å²) in [5, 5.41) is 9.00. The molecule has 3 rings (SSSR count). The molecule has 0 atom stereocenters. The number of benzene rings is 1. The van der Waals surface area contributed by atoms with Crippen LogP contribution in [0.25, 0.3) is 0 Å². The van der Waals surface area contributed by atoms with Gasteiger partial charge in [0.15, 0.2) is 0 Å². The molecule has 1 aromatic carbocycles. The minimum Gasteiger partial charge on any atom is -0.477 e. The van der Waals surface area contributed by atoms with E-state index >= 15 is 0 Å². The molecule has 2 heterocycles. The highest BCUT2D eigenvalue weighted by Gasteiger charge is 2.07. The Hall–Kier alpha value is -3.41. The maximum Gasteiger partial charge on any atom is 0.352 e. The first-order chi connectivity index (χ1) is 12.0. The van der Waals surface area contributed by atoms with Gasteiger partial charge in [0.05, 0.1) is 0 Å². The number of carboxylic acids is 1. The molecule has 3 N–H and O–H groups in total. The predicted octanol–water partition coefficient (Wildman–Crippen LogP) is 1.94. The van der Waals surface area contributed by atoms with E-state index in [0.29, 0.717) is 24.0 Å². The molecular formula is C19H16N2O4. The van der Waals surface area contributed by atoms with Gasteiger partial charge in [0.25, 0.3) is 5.56 Å². The number of carboxylic acid groups (broad SMARTS) is 1. The number of aromatic nitrogens is 2. The zero-order valence-electron chi connectivity index (χ0n) is 13.3. The molecule has 0 saturated heterocycles. The zero-order chi connectivity index (χ0) is 17.8. The van der Waals surface area contributed by atoms with Crippen molar-refractivity contribution in [2.75, 3.05) is 0 Å². The Morgan fingerprint density at radius 3 is 2.24 bits per heavy atom. The van der Waals surface area contributed by atoms with Gasteiger partial charge >= 0.3 is 5.97 Å². The molecule has 0 saturated carbocycles. The average molecular weight is 336 g/mol. The van der Waals surface area contributed by atoms with E-state index in [1.54, 1.807) is 18.3 Å². The Morgan fingerprint density at radius 2 is 1.60 bits per heavy atom. The number of nitrogens with one attached hydrogen (secondary N) is 2. The first kappa shape index (κ1) is 16.4. The first-order valence-electron chi connectivity index (χ1n) is 7.72. The molecule has 3 aromatic rings. The number of aromatic carboxylic acids is 1. The lowest BCUT2D eigenvalue weighted by molar-refractivity contribution is 0.0690. The fraction of sp³-hybridized carbons (Fsp3) is 0.105. The summed E-state index contributed by atoms with van der Waals surface area (Å²) in [6, 6.07) is 14.1. The van der Waals surface area contributed by atoms with Gasteiger partial charge in [0, 0.05) is 24.2 Å². The number of hydrogen-bond acceptors (Lipinski definition) is 3. The Labute approximate surface area is 142 Å². The minimum absolute atomic E-state index is 0.101. The monoisotopic (exact) mass is 336 g/mol. The maximum atomic E-state index is 11.7. The van der Waals surface area contributed by atoms with Gasteiger partial charge in [-0.05, 0) is 35.2 Å². The van der Waals surface area contributed by atoms with Crippen molar-refractivity contribution in [2.45, 2.75) is 12.8 Å². The molecule has 0 bridgehead atoms. The summed E-state index contributed by atoms with van der Waals surface area (Å²) in [4.78, 5) is 39.2. The SMILES string of the molecule is O=C(O)c1cc(Cc2ccc(Cc3ccc[nH]c3=O)cc2)cc(=O)[nH]1. The topological polar surface area (TPSA) is 103 Å². The van der Waals surface area contributed by atoms with Crippen LogP contribution in [0, 0.1) is 0 Å². The van der Waals surface area contributed by atoms with E-state index in [1.165, 1.54) is 12.1 Å². The van der Waals surface area contributed by atoms with Gasteiger partial charge in [-0.25, -0.2) is 4.79 Å². The van der Waals surface area contributed by atoms with Crippen molar-refractivity contribution in [2.24, 2.45) is 0 Å². The molecule has 25 heavy (non-hydrogen) atoms. The molecule has 6 heteroatoms. The molecule has 0 fully saturated rings. The summed E-state index contributed by atoms with van der Waals surface area (Å²) in [5.41, 5.74) is 2.61. The Balaban J connectivity index is 1.77. The second kappa shape index (κ2) is 7.00. The molecule has 2 aromatic heterocycles. The highest BCUT2D eigenvalue weighted by atomic mass is 16.4. The first-order valence-corrected chi connectivity index (χ1v) is 7.72. The van der Waals surface area contributed by atoms with Crippen molar-refractivity contribution in [3.8, 4) is 0 Å². The quantitative estimate of drug-likeness (QED) is 0.662. The van der Waals surface area contributed by atoms with E-state index in [9.17, 15) is 14.4 Å². The van der Waals surface area contributed by atoms with Crippen molar-refractivity contribution in [3.63, 3.8) is 0 Å². The lowest BCUT2D eigenvalue weighted by atomic mass is 10.0. The highest BCUT2D eigenvalue weighted by molar-refractivity contribution is 5.85. The van der Waals surface area contributed by atoms with Crippen LogP contribution >= 0.6 is 0 Å². The van der Waals surface area contributed by atoms with Gasteiger partial charge in [-0.1, -0.05) is 30.3 Å². The molecule has 6 nitrogen and oxygen atoms in total. The van der Waals surface area contributed by atoms with Gasteiger partial charge in [-0.2, -0.15) is 0 Å². The van der Waals surface area contributed by atoms with E-state index in [1.807, 2.05) is 24.3 Å². The van der Waals surface area contributed by atoms with Crippen molar-refractivity contribution < 1.29 is 9.90 Å². The normalized spacial score (nSPS) is 10.6. The minimum atomic E-state index is -1.16. The molecule has 126 valence electrons. The number of rotatable bonds is 5. The van der Waals surface area contributed by atoms with E-state index in [4.69, 9.17) is 5.11 Å². The van der Waals surface area contributed by atoms with Crippen LogP contribution in [0.1, 0.15) is 32.7 Å². The molecule has 0 unspecified atom stereocenters. The van der Waals surface area contributed by atoms with E-state index in [-0.39, 0.29) is 11.3 Å². The van der Waals surface area contributed by atoms with Gasteiger partial charge in [-0.15, -0.1) is 0 Å². The molecule has 0 aliphatic carbocycles. The van der Waals surface area contributed by atoms with Gasteiger partial charge in [0.1, 0.15) is 5.69 Å². The predicted molar refractivity (Wildman–Crippen MR) is 93.1 cm³/mol. The van der Waals surface area contributed by atoms with E-state index in [0.717, 1.165) is 11.1 Å². The molecule has 0 aliphatic rings. The average Bonchev–Trinajstić information content (AvgIpc) is 2.58. The number of hydrogen-bond donors (Lipinski definition) is 3. The van der Waals surface area contributed by atoms with Crippen molar-refractivity contribution in [1.29, 1.82) is 0 Å². The lowest BCUT2D eigenvalue weighted by Gasteiger charge is -2.05. The largest absolute Gasteiger partial charge is 0.477 e. The third kappa shape index (κ3) is 4.11. The fourth-order valence-electron chi connectivity index (χ4n) is 2.64. The summed E-state index contributed by atoms with van der Waals surface area (Å²) in [7, 11) is 0. The summed E-state index contributed by atoms with van der Waals surface area (Å²) in [6.45, 7) is 0. The van der Waals surface area contributed by atoms with Crippen LogP contribution in [-0.2, 0) is 12.8 Å².